The molecule has 0 bridgehead atoms. The van der Waals surface area contributed by atoms with Gasteiger partial charge in [-0.2, -0.15) is 13.2 Å². The van der Waals surface area contributed by atoms with Crippen LogP contribution in [0.5, 0.6) is 0 Å². The highest BCUT2D eigenvalue weighted by Gasteiger charge is 2.32. The Morgan fingerprint density at radius 2 is 2.00 bits per heavy atom. The molecule has 1 aromatic rings. The van der Waals surface area contributed by atoms with E-state index in [4.69, 9.17) is 0 Å². The number of nitrogens with zero attached hydrogens (tertiary/aromatic N) is 3. The Kier molecular flexibility index (Phi) is 4.73. The van der Waals surface area contributed by atoms with Crippen molar-refractivity contribution in [1.82, 2.24) is 19.8 Å². The quantitative estimate of drug-likeness (QED) is 0.923. The fourth-order valence-electron chi connectivity index (χ4n) is 3.49. The molecule has 3 heterocycles. The molecular formula is C15H23F3N4. The fraction of sp³-hybridized carbons (Fsp3) is 0.800. The van der Waals surface area contributed by atoms with Gasteiger partial charge in [0.15, 0.2) is 0 Å². The average molecular weight is 316 g/mol. The van der Waals surface area contributed by atoms with Gasteiger partial charge in [0.25, 0.3) is 0 Å². The molecule has 1 N–H and O–H groups in total. The van der Waals surface area contributed by atoms with Crippen LogP contribution in [0.1, 0.15) is 25.1 Å². The number of piperidine rings is 1. The summed E-state index contributed by atoms with van der Waals surface area (Å²) in [7, 11) is 0. The van der Waals surface area contributed by atoms with Gasteiger partial charge in [-0.05, 0) is 44.8 Å². The van der Waals surface area contributed by atoms with E-state index in [2.05, 4.69) is 14.9 Å². The second-order valence-electron chi connectivity index (χ2n) is 6.47. The highest BCUT2D eigenvalue weighted by molar-refractivity contribution is 4.97. The second kappa shape index (κ2) is 6.58. The van der Waals surface area contributed by atoms with Crippen LogP contribution < -0.4 is 5.32 Å². The molecule has 1 fully saturated rings. The molecule has 1 aromatic heterocycles. The molecule has 0 aliphatic carbocycles. The maximum absolute atomic E-state index is 12.4. The van der Waals surface area contributed by atoms with Gasteiger partial charge in [0.2, 0.25) is 0 Å². The number of alkyl halides is 3. The van der Waals surface area contributed by atoms with Crippen molar-refractivity contribution in [3.05, 3.63) is 18.2 Å². The van der Waals surface area contributed by atoms with E-state index in [1.165, 1.54) is 4.90 Å². The molecule has 0 unspecified atom stereocenters. The molecule has 4 nitrogen and oxygen atoms in total. The molecule has 2 aliphatic heterocycles. The average Bonchev–Trinajstić information content (AvgIpc) is 2.92. The molecule has 124 valence electrons. The van der Waals surface area contributed by atoms with Crippen LogP contribution in [0.3, 0.4) is 0 Å². The number of aromatic nitrogens is 2. The van der Waals surface area contributed by atoms with E-state index in [0.29, 0.717) is 25.0 Å². The van der Waals surface area contributed by atoms with E-state index in [1.807, 2.05) is 12.4 Å². The topological polar surface area (TPSA) is 33.1 Å². The second-order valence-corrected chi connectivity index (χ2v) is 6.47. The zero-order valence-corrected chi connectivity index (χ0v) is 12.6. The molecule has 3 rings (SSSR count). The van der Waals surface area contributed by atoms with Gasteiger partial charge < -0.3 is 9.88 Å². The summed E-state index contributed by atoms with van der Waals surface area (Å²) >= 11 is 0. The monoisotopic (exact) mass is 316 g/mol. The molecule has 1 atom stereocenters. The number of fused-ring (bicyclic) bond motifs is 1. The number of aryl methyl sites for hydroxylation is 1. The minimum atomic E-state index is -4.08. The van der Waals surface area contributed by atoms with Gasteiger partial charge in [0, 0.05) is 31.4 Å². The summed E-state index contributed by atoms with van der Waals surface area (Å²) in [6.45, 7) is 2.24. The highest BCUT2D eigenvalue weighted by atomic mass is 19.4. The first-order chi connectivity index (χ1) is 10.5. The number of imidazole rings is 1. The molecule has 22 heavy (non-hydrogen) atoms. The third-order valence-electron chi connectivity index (χ3n) is 4.72. The molecule has 0 amide bonds. The van der Waals surface area contributed by atoms with Crippen LogP contribution in [0.4, 0.5) is 13.2 Å². The van der Waals surface area contributed by atoms with E-state index in [1.54, 1.807) is 0 Å². The predicted octanol–water partition coefficient (Wildman–Crippen LogP) is 2.06. The van der Waals surface area contributed by atoms with Crippen molar-refractivity contribution in [2.45, 2.75) is 44.4 Å². The van der Waals surface area contributed by atoms with Crippen LogP contribution in [0.2, 0.25) is 0 Å². The Morgan fingerprint density at radius 3 is 2.73 bits per heavy atom. The smallest absolute Gasteiger partial charge is 0.335 e. The largest absolute Gasteiger partial charge is 0.401 e. The number of nitrogens with one attached hydrogen (secondary N) is 1. The number of likely N-dealkylation sites (tertiary alicyclic amines) is 1. The lowest BCUT2D eigenvalue weighted by Crippen LogP contribution is -2.46. The van der Waals surface area contributed by atoms with Crippen molar-refractivity contribution in [3.63, 3.8) is 0 Å². The number of rotatable bonds is 4. The van der Waals surface area contributed by atoms with Gasteiger partial charge in [-0.25, -0.2) is 4.98 Å². The van der Waals surface area contributed by atoms with Gasteiger partial charge in [0.1, 0.15) is 5.82 Å². The summed E-state index contributed by atoms with van der Waals surface area (Å²) in [6, 6.07) is 0.355. The molecule has 1 saturated heterocycles. The van der Waals surface area contributed by atoms with Crippen LogP contribution >= 0.6 is 0 Å². The van der Waals surface area contributed by atoms with Gasteiger partial charge in [0.05, 0.1) is 6.54 Å². The molecule has 0 radical (unpaired) electrons. The van der Waals surface area contributed by atoms with Crippen molar-refractivity contribution < 1.29 is 13.2 Å². The minimum Gasteiger partial charge on any atom is -0.335 e. The summed E-state index contributed by atoms with van der Waals surface area (Å²) in [6.07, 6.45) is 3.56. The Morgan fingerprint density at radius 1 is 1.23 bits per heavy atom. The third-order valence-corrected chi connectivity index (χ3v) is 4.72. The van der Waals surface area contributed by atoms with E-state index < -0.39 is 12.7 Å². The van der Waals surface area contributed by atoms with E-state index in [0.717, 1.165) is 44.6 Å². The van der Waals surface area contributed by atoms with E-state index in [-0.39, 0.29) is 0 Å². The van der Waals surface area contributed by atoms with E-state index >= 15 is 0 Å². The summed E-state index contributed by atoms with van der Waals surface area (Å²) in [4.78, 5) is 5.83. The molecule has 0 spiro atoms. The standard InChI is InChI=1S/C15H23F3N4/c16-15(17,18)11-21-6-3-13(4-7-21)20-9-12-1-2-14-19-5-8-22(14)10-12/h5,8,12-13,20H,1-4,6-7,9-11H2/t12-/m0/s1. The maximum atomic E-state index is 12.4. The minimum absolute atomic E-state index is 0.355. The van der Waals surface area contributed by atoms with Crippen LogP contribution in [0, 0.1) is 5.92 Å². The first-order valence-electron chi connectivity index (χ1n) is 8.02. The van der Waals surface area contributed by atoms with Crippen LogP contribution in [0.15, 0.2) is 12.4 Å². The lowest BCUT2D eigenvalue weighted by atomic mass is 9.98. The van der Waals surface area contributed by atoms with Crippen molar-refractivity contribution in [2.24, 2.45) is 5.92 Å². The van der Waals surface area contributed by atoms with Crippen LogP contribution in [-0.4, -0.2) is 52.8 Å². The van der Waals surface area contributed by atoms with Crippen LogP contribution in [0.25, 0.3) is 0 Å². The molecule has 7 heteroatoms. The number of hydrogen-bond acceptors (Lipinski definition) is 3. The lowest BCUT2D eigenvalue weighted by molar-refractivity contribution is -0.148. The van der Waals surface area contributed by atoms with Gasteiger partial charge >= 0.3 is 6.18 Å². The normalized spacial score (nSPS) is 24.4. The zero-order chi connectivity index (χ0) is 15.6. The number of halogens is 3. The molecule has 2 aliphatic rings. The summed E-state index contributed by atoms with van der Waals surface area (Å²) < 4.78 is 39.3. The van der Waals surface area contributed by atoms with Gasteiger partial charge in [-0.3, -0.25) is 4.90 Å². The van der Waals surface area contributed by atoms with Crippen molar-refractivity contribution in [1.29, 1.82) is 0 Å². The molecule has 0 aromatic carbocycles. The van der Waals surface area contributed by atoms with E-state index in [9.17, 15) is 13.2 Å². The SMILES string of the molecule is FC(F)(F)CN1CCC(NC[C@@H]2CCc3nccn3C2)CC1. The van der Waals surface area contributed by atoms with Gasteiger partial charge in [-0.15, -0.1) is 0 Å². The zero-order valence-electron chi connectivity index (χ0n) is 12.6. The van der Waals surface area contributed by atoms with Gasteiger partial charge in [-0.1, -0.05) is 0 Å². The first kappa shape index (κ1) is 15.8. The third kappa shape index (κ3) is 4.23. The molecular weight excluding hydrogens is 293 g/mol. The van der Waals surface area contributed by atoms with Crippen LogP contribution in [-0.2, 0) is 13.0 Å². The Hall–Kier alpha value is -1.08. The molecule has 0 saturated carbocycles. The first-order valence-corrected chi connectivity index (χ1v) is 8.02. The van der Waals surface area contributed by atoms with Crippen molar-refractivity contribution >= 4 is 0 Å². The van der Waals surface area contributed by atoms with Crippen molar-refractivity contribution in [3.8, 4) is 0 Å². The maximum Gasteiger partial charge on any atom is 0.401 e. The summed E-state index contributed by atoms with van der Waals surface area (Å²) in [5.74, 6) is 1.76. The summed E-state index contributed by atoms with van der Waals surface area (Å²) in [5, 5.41) is 3.56. The Balaban J connectivity index is 1.37. The predicted molar refractivity (Wildman–Crippen MR) is 77.6 cm³/mol. The number of hydrogen-bond donors (Lipinski definition) is 1. The Bertz CT molecular complexity index is 477. The summed E-state index contributed by atoms with van der Waals surface area (Å²) in [5.41, 5.74) is 0. The Labute approximate surface area is 128 Å². The fourth-order valence-corrected chi connectivity index (χ4v) is 3.49. The lowest BCUT2D eigenvalue weighted by Gasteiger charge is -2.34. The van der Waals surface area contributed by atoms with Crippen molar-refractivity contribution in [2.75, 3.05) is 26.2 Å². The highest BCUT2D eigenvalue weighted by Crippen LogP contribution is 2.21.